The maximum atomic E-state index is 11.5. The Bertz CT molecular complexity index is 218. The first-order valence-electron chi connectivity index (χ1n) is 5.40. The van der Waals surface area contributed by atoms with Gasteiger partial charge in [-0.1, -0.05) is 27.7 Å². The van der Waals surface area contributed by atoms with Crippen LogP contribution in [0.1, 0.15) is 41.0 Å². The molecule has 0 bridgehead atoms. The molecule has 90 valence electrons. The Hall–Kier alpha value is 0.370. The predicted octanol–water partition coefficient (Wildman–Crippen LogP) is 3.49. The number of carbonyl (C=O) groups is 1. The minimum atomic E-state index is -0.242. The molecule has 0 saturated heterocycles. The van der Waals surface area contributed by atoms with Crippen molar-refractivity contribution in [1.82, 2.24) is 0 Å². The normalized spacial score (nSPS) is 13.3. The van der Waals surface area contributed by atoms with Crippen molar-refractivity contribution in [1.29, 1.82) is 0 Å². The molecule has 0 fully saturated rings. The van der Waals surface area contributed by atoms with Crippen LogP contribution >= 0.6 is 25.3 Å². The molecule has 0 heterocycles. The Kier molecular flexibility index (Phi) is 5.76. The molecule has 0 amide bonds. The highest BCUT2D eigenvalue weighted by Crippen LogP contribution is 2.40. The van der Waals surface area contributed by atoms with E-state index >= 15 is 0 Å². The molecule has 0 rings (SSSR count). The molecule has 1 nitrogen and oxygen atoms in total. The topological polar surface area (TPSA) is 17.1 Å². The van der Waals surface area contributed by atoms with Gasteiger partial charge in [0.05, 0.1) is 0 Å². The molecule has 0 aromatic rings. The lowest BCUT2D eigenvalue weighted by Crippen LogP contribution is -2.35. The van der Waals surface area contributed by atoms with Crippen molar-refractivity contribution in [3.63, 3.8) is 0 Å². The Morgan fingerprint density at radius 1 is 1.13 bits per heavy atom. The third-order valence-electron chi connectivity index (χ3n) is 3.40. The molecular formula is C12H24OS2. The molecule has 0 N–H and O–H groups in total. The van der Waals surface area contributed by atoms with Crippen LogP contribution in [0.2, 0.25) is 0 Å². The SMILES string of the molecule is CC(=O)C(C)(C)CC(C)(C)C(CS)CS. The van der Waals surface area contributed by atoms with E-state index in [0.717, 1.165) is 17.9 Å². The van der Waals surface area contributed by atoms with Gasteiger partial charge in [0.2, 0.25) is 0 Å². The zero-order valence-electron chi connectivity index (χ0n) is 10.5. The van der Waals surface area contributed by atoms with Gasteiger partial charge in [0.15, 0.2) is 0 Å². The van der Waals surface area contributed by atoms with E-state index in [1.54, 1.807) is 6.92 Å². The number of rotatable bonds is 6. The van der Waals surface area contributed by atoms with Gasteiger partial charge in [0, 0.05) is 5.41 Å². The second kappa shape index (κ2) is 5.62. The van der Waals surface area contributed by atoms with Crippen molar-refractivity contribution in [2.24, 2.45) is 16.7 Å². The lowest BCUT2D eigenvalue weighted by atomic mass is 9.68. The van der Waals surface area contributed by atoms with Crippen molar-refractivity contribution in [3.05, 3.63) is 0 Å². The van der Waals surface area contributed by atoms with Crippen molar-refractivity contribution in [2.75, 3.05) is 11.5 Å². The molecule has 0 aliphatic carbocycles. The van der Waals surface area contributed by atoms with Crippen LogP contribution in [0.3, 0.4) is 0 Å². The molecule has 0 aliphatic heterocycles. The zero-order chi connectivity index (χ0) is 12.3. The predicted molar refractivity (Wildman–Crippen MR) is 74.1 cm³/mol. The standard InChI is InChI=1S/C12H24OS2/c1-9(13)11(2,3)8-12(4,5)10(6-14)7-15/h10,14-15H,6-8H2,1-5H3. The highest BCUT2D eigenvalue weighted by molar-refractivity contribution is 7.81. The van der Waals surface area contributed by atoms with Gasteiger partial charge in [0.25, 0.3) is 0 Å². The van der Waals surface area contributed by atoms with Gasteiger partial charge in [-0.05, 0) is 36.2 Å². The third-order valence-corrected chi connectivity index (χ3v) is 4.28. The Morgan fingerprint density at radius 2 is 1.53 bits per heavy atom. The summed E-state index contributed by atoms with van der Waals surface area (Å²) in [7, 11) is 0. The molecule has 0 unspecified atom stereocenters. The first-order chi connectivity index (χ1) is 6.67. The number of thiol groups is 2. The smallest absolute Gasteiger partial charge is 0.135 e. The summed E-state index contributed by atoms with van der Waals surface area (Å²) in [5.74, 6) is 2.35. The summed E-state index contributed by atoms with van der Waals surface area (Å²) in [5, 5.41) is 0. The number of hydrogen-bond acceptors (Lipinski definition) is 3. The van der Waals surface area contributed by atoms with E-state index in [9.17, 15) is 4.79 Å². The van der Waals surface area contributed by atoms with Gasteiger partial charge >= 0.3 is 0 Å². The number of hydrogen-bond donors (Lipinski definition) is 2. The first-order valence-corrected chi connectivity index (χ1v) is 6.66. The van der Waals surface area contributed by atoms with E-state index in [2.05, 4.69) is 39.1 Å². The summed E-state index contributed by atoms with van der Waals surface area (Å²) in [6.45, 7) is 10.1. The molecule has 3 heteroatoms. The lowest BCUT2D eigenvalue weighted by Gasteiger charge is -2.38. The molecule has 15 heavy (non-hydrogen) atoms. The van der Waals surface area contributed by atoms with Crippen LogP contribution in [0.25, 0.3) is 0 Å². The van der Waals surface area contributed by atoms with Gasteiger partial charge in [-0.3, -0.25) is 4.79 Å². The quantitative estimate of drug-likeness (QED) is 0.688. The maximum absolute atomic E-state index is 11.5. The van der Waals surface area contributed by atoms with Crippen molar-refractivity contribution < 1.29 is 4.79 Å². The van der Waals surface area contributed by atoms with Crippen LogP contribution in [0.4, 0.5) is 0 Å². The minimum Gasteiger partial charge on any atom is -0.299 e. The van der Waals surface area contributed by atoms with Crippen molar-refractivity contribution in [2.45, 2.75) is 41.0 Å². The molecule has 0 saturated carbocycles. The molecule has 0 aromatic carbocycles. The number of Topliss-reactive ketones (excluding diaryl/α,β-unsaturated/α-hetero) is 1. The van der Waals surface area contributed by atoms with Crippen LogP contribution in [0, 0.1) is 16.7 Å². The average Bonchev–Trinajstić information content (AvgIpc) is 2.03. The van der Waals surface area contributed by atoms with Crippen LogP contribution in [0.5, 0.6) is 0 Å². The summed E-state index contributed by atoms with van der Waals surface area (Å²) < 4.78 is 0. The molecular weight excluding hydrogens is 224 g/mol. The van der Waals surface area contributed by atoms with Crippen LogP contribution in [0.15, 0.2) is 0 Å². The Balaban J connectivity index is 4.68. The fourth-order valence-corrected chi connectivity index (χ4v) is 3.41. The monoisotopic (exact) mass is 248 g/mol. The summed E-state index contributed by atoms with van der Waals surface area (Å²) in [5.41, 5.74) is -0.133. The molecule has 0 aliphatic rings. The summed E-state index contributed by atoms with van der Waals surface area (Å²) in [6, 6.07) is 0. The highest BCUT2D eigenvalue weighted by Gasteiger charge is 2.36. The second-order valence-electron chi connectivity index (χ2n) is 5.67. The maximum Gasteiger partial charge on any atom is 0.135 e. The third kappa shape index (κ3) is 4.39. The molecule has 0 atom stereocenters. The number of ketones is 1. The molecule has 0 aromatic heterocycles. The van der Waals surface area contributed by atoms with Crippen molar-refractivity contribution in [3.8, 4) is 0 Å². The fourth-order valence-electron chi connectivity index (χ4n) is 1.96. The fraction of sp³-hybridized carbons (Fsp3) is 0.917. The van der Waals surface area contributed by atoms with Gasteiger partial charge in [-0.15, -0.1) is 0 Å². The van der Waals surface area contributed by atoms with E-state index < -0.39 is 0 Å². The Labute approximate surface area is 105 Å². The summed E-state index contributed by atoms with van der Waals surface area (Å²) >= 11 is 8.71. The van der Waals surface area contributed by atoms with Crippen molar-refractivity contribution >= 4 is 31.0 Å². The van der Waals surface area contributed by atoms with Gasteiger partial charge in [-0.25, -0.2) is 0 Å². The largest absolute Gasteiger partial charge is 0.299 e. The zero-order valence-corrected chi connectivity index (χ0v) is 12.3. The van der Waals surface area contributed by atoms with E-state index in [1.807, 2.05) is 13.8 Å². The average molecular weight is 248 g/mol. The van der Waals surface area contributed by atoms with E-state index in [-0.39, 0.29) is 16.6 Å². The van der Waals surface area contributed by atoms with Gasteiger partial charge < -0.3 is 0 Å². The van der Waals surface area contributed by atoms with Gasteiger partial charge in [-0.2, -0.15) is 25.3 Å². The Morgan fingerprint density at radius 3 is 1.80 bits per heavy atom. The molecule has 0 radical (unpaired) electrons. The highest BCUT2D eigenvalue weighted by atomic mass is 32.1. The van der Waals surface area contributed by atoms with Gasteiger partial charge in [0.1, 0.15) is 5.78 Å². The van der Waals surface area contributed by atoms with E-state index in [0.29, 0.717) is 5.92 Å². The first kappa shape index (κ1) is 15.4. The lowest BCUT2D eigenvalue weighted by molar-refractivity contribution is -0.126. The van der Waals surface area contributed by atoms with Crippen LogP contribution in [-0.4, -0.2) is 17.3 Å². The summed E-state index contributed by atoms with van der Waals surface area (Å²) in [4.78, 5) is 11.5. The van der Waals surface area contributed by atoms with E-state index in [1.165, 1.54) is 0 Å². The minimum absolute atomic E-state index is 0.110. The second-order valence-corrected chi connectivity index (χ2v) is 6.40. The van der Waals surface area contributed by atoms with E-state index in [4.69, 9.17) is 0 Å². The summed E-state index contributed by atoms with van der Waals surface area (Å²) in [6.07, 6.45) is 0.890. The number of carbonyl (C=O) groups excluding carboxylic acids is 1. The van der Waals surface area contributed by atoms with Crippen LogP contribution in [-0.2, 0) is 4.79 Å². The molecule has 0 spiro atoms. The van der Waals surface area contributed by atoms with Crippen LogP contribution < -0.4 is 0 Å².